The Bertz CT molecular complexity index is 1170. The molecule has 0 bridgehead atoms. The van der Waals surface area contributed by atoms with Crippen LogP contribution in [0.2, 0.25) is 0 Å². The first-order valence-electron chi connectivity index (χ1n) is 16.0. The van der Waals surface area contributed by atoms with Crippen molar-refractivity contribution in [3.8, 4) is 0 Å². The molecule has 1 saturated heterocycles. The van der Waals surface area contributed by atoms with Crippen molar-refractivity contribution in [1.82, 2.24) is 0 Å². The van der Waals surface area contributed by atoms with Gasteiger partial charge in [0.15, 0.2) is 11.4 Å². The lowest BCUT2D eigenvalue weighted by Crippen LogP contribution is -2.65. The van der Waals surface area contributed by atoms with Crippen LogP contribution in [0.4, 0.5) is 0 Å². The van der Waals surface area contributed by atoms with Crippen LogP contribution in [0.25, 0.3) is 0 Å². The van der Waals surface area contributed by atoms with Crippen LogP contribution in [-0.2, 0) is 19.1 Å². The van der Waals surface area contributed by atoms with Crippen molar-refractivity contribution in [2.75, 3.05) is 6.61 Å². The number of ketones is 1. The molecule has 0 aromatic rings. The summed E-state index contributed by atoms with van der Waals surface area (Å²) in [7, 11) is 0. The van der Waals surface area contributed by atoms with Crippen LogP contribution in [0, 0.1) is 29.1 Å². The quantitative estimate of drug-likeness (QED) is 0.0888. The Labute approximate surface area is 249 Å². The summed E-state index contributed by atoms with van der Waals surface area (Å²) >= 11 is 0. The van der Waals surface area contributed by atoms with Crippen LogP contribution >= 0.6 is 0 Å². The lowest BCUT2D eigenvalue weighted by molar-refractivity contribution is -0.214. The number of hydrogen-bond donors (Lipinski definition) is 4. The molecule has 4 N–H and O–H groups in total. The number of aliphatic hydroxyl groups excluding tert-OH is 2. The van der Waals surface area contributed by atoms with Crippen LogP contribution < -0.4 is 0 Å². The van der Waals surface area contributed by atoms with E-state index in [1.807, 2.05) is 26.8 Å². The van der Waals surface area contributed by atoms with Crippen LogP contribution in [-0.4, -0.2) is 73.4 Å². The number of carbonyl (C=O) groups excluding carboxylic acids is 2. The highest BCUT2D eigenvalue weighted by Gasteiger charge is 2.90. The molecule has 0 amide bonds. The first-order valence-corrected chi connectivity index (χ1v) is 16.0. The summed E-state index contributed by atoms with van der Waals surface area (Å²) in [6, 6.07) is 0. The molecule has 0 aromatic carbocycles. The number of ether oxygens (including phenoxy) is 2. The van der Waals surface area contributed by atoms with Gasteiger partial charge in [-0.25, -0.2) is 4.79 Å². The molecule has 0 radical (unpaired) electrons. The second-order valence-corrected chi connectivity index (χ2v) is 14.3. The SMILES string of the molecule is CCCCCCCCC/C=C\C=C\C(=O)O[C@@]12C[C@@H](C)[C@@]3(O)[C@H]([C@@H]1C2(C)C)[C@@H]1O[C@]1(CO)[C@@H](O)[C@]1(O)C(=O)C(C)=C[C@H]13. The molecular formula is C34H50O8. The van der Waals surface area contributed by atoms with E-state index in [0.29, 0.717) is 6.42 Å². The maximum absolute atomic E-state index is 13.2. The summed E-state index contributed by atoms with van der Waals surface area (Å²) in [4.78, 5) is 26.3. The van der Waals surface area contributed by atoms with Crippen LogP contribution in [0.3, 0.4) is 0 Å². The Balaban J connectivity index is 1.31. The number of fused-ring (bicyclic) bond motifs is 7. The number of rotatable bonds is 12. The second-order valence-electron chi connectivity index (χ2n) is 14.3. The van der Waals surface area contributed by atoms with E-state index in [0.717, 1.165) is 12.8 Å². The number of carbonyl (C=O) groups is 2. The molecule has 10 atom stereocenters. The van der Waals surface area contributed by atoms with E-state index in [2.05, 4.69) is 13.0 Å². The molecule has 0 unspecified atom stereocenters. The van der Waals surface area contributed by atoms with E-state index < -0.39 is 76.1 Å². The molecular weight excluding hydrogens is 536 g/mol. The number of unbranched alkanes of at least 4 members (excludes halogenated alkanes) is 7. The second kappa shape index (κ2) is 11.0. The number of hydrogen-bond acceptors (Lipinski definition) is 8. The van der Waals surface area contributed by atoms with Gasteiger partial charge in [0.25, 0.3) is 0 Å². The molecule has 5 rings (SSSR count). The molecule has 3 saturated carbocycles. The molecule has 0 spiro atoms. The monoisotopic (exact) mass is 586 g/mol. The molecule has 5 aliphatic rings. The summed E-state index contributed by atoms with van der Waals surface area (Å²) in [5.74, 6) is -3.78. The van der Waals surface area contributed by atoms with Gasteiger partial charge in [0, 0.05) is 29.2 Å². The van der Waals surface area contributed by atoms with Crippen LogP contribution in [0.15, 0.2) is 36.0 Å². The Morgan fingerprint density at radius 2 is 1.79 bits per heavy atom. The first-order chi connectivity index (χ1) is 19.8. The van der Waals surface area contributed by atoms with Crippen molar-refractivity contribution in [3.63, 3.8) is 0 Å². The van der Waals surface area contributed by atoms with Gasteiger partial charge >= 0.3 is 5.97 Å². The molecule has 1 aliphatic heterocycles. The predicted octanol–water partition coefficient (Wildman–Crippen LogP) is 3.95. The van der Waals surface area contributed by atoms with Gasteiger partial charge in [-0.15, -0.1) is 0 Å². The Hall–Kier alpha value is -1.84. The van der Waals surface area contributed by atoms with Crippen molar-refractivity contribution in [1.29, 1.82) is 0 Å². The van der Waals surface area contributed by atoms with E-state index in [4.69, 9.17) is 9.47 Å². The predicted molar refractivity (Wildman–Crippen MR) is 157 cm³/mol. The largest absolute Gasteiger partial charge is 0.455 e. The fraction of sp³-hybridized carbons (Fsp3) is 0.765. The summed E-state index contributed by atoms with van der Waals surface area (Å²) in [6.07, 6.45) is 16.2. The number of Topliss-reactive ketones (excluding diaryl/α,β-unsaturated/α-hetero) is 1. The minimum atomic E-state index is -2.32. The third-order valence-corrected chi connectivity index (χ3v) is 11.7. The lowest BCUT2D eigenvalue weighted by Gasteiger charge is -2.51. The molecule has 0 aromatic heterocycles. The number of aliphatic hydroxyl groups is 4. The van der Waals surface area contributed by atoms with Gasteiger partial charge in [0.1, 0.15) is 17.3 Å². The van der Waals surface area contributed by atoms with E-state index in [1.54, 1.807) is 19.1 Å². The standard InChI is InChI=1S/C34H50O8/c1-6-7-8-9-10-11-12-13-14-15-16-17-24(36)41-32-19-22(3)33(39)23-18-21(2)27(37)34(23,40)29(38)31(20-35)28(42-31)25(33)26(32)30(32,4)5/h14-18,22-23,25-26,28-29,35,38-40H,6-13,19-20H2,1-5H3/b15-14-,17-16+/t22-,23+,25-,26-,28+,29-,31+,32+,33+,34-/m1/s1. The van der Waals surface area contributed by atoms with Gasteiger partial charge in [-0.3, -0.25) is 4.79 Å². The summed E-state index contributed by atoms with van der Waals surface area (Å²) < 4.78 is 12.2. The highest BCUT2D eigenvalue weighted by molar-refractivity contribution is 6.05. The third-order valence-electron chi connectivity index (χ3n) is 11.7. The van der Waals surface area contributed by atoms with Gasteiger partial charge in [0.2, 0.25) is 0 Å². The highest BCUT2D eigenvalue weighted by atomic mass is 16.6. The first kappa shape index (κ1) is 31.6. The molecule has 234 valence electrons. The van der Waals surface area contributed by atoms with Gasteiger partial charge in [0.05, 0.1) is 18.3 Å². The Morgan fingerprint density at radius 3 is 2.45 bits per heavy atom. The van der Waals surface area contributed by atoms with Crippen molar-refractivity contribution in [3.05, 3.63) is 36.0 Å². The molecule has 4 fully saturated rings. The van der Waals surface area contributed by atoms with Crippen molar-refractivity contribution in [2.45, 2.75) is 127 Å². The minimum absolute atomic E-state index is 0.261. The normalized spacial score (nSPS) is 44.7. The average molecular weight is 587 g/mol. The Morgan fingerprint density at radius 1 is 1.12 bits per heavy atom. The van der Waals surface area contributed by atoms with Gasteiger partial charge in [-0.05, 0) is 37.7 Å². The summed E-state index contributed by atoms with van der Waals surface area (Å²) in [5, 5.41) is 46.1. The fourth-order valence-electron chi connectivity index (χ4n) is 9.18. The van der Waals surface area contributed by atoms with Gasteiger partial charge in [-0.2, -0.15) is 0 Å². The molecule has 8 nitrogen and oxygen atoms in total. The zero-order chi connectivity index (χ0) is 30.7. The van der Waals surface area contributed by atoms with E-state index in [1.165, 1.54) is 44.6 Å². The molecule has 42 heavy (non-hydrogen) atoms. The number of esters is 1. The van der Waals surface area contributed by atoms with Crippen molar-refractivity contribution in [2.24, 2.45) is 29.1 Å². The summed E-state index contributed by atoms with van der Waals surface area (Å²) in [5.41, 5.74) is -6.72. The van der Waals surface area contributed by atoms with Gasteiger partial charge < -0.3 is 29.9 Å². The zero-order valence-corrected chi connectivity index (χ0v) is 25.8. The molecule has 8 heteroatoms. The minimum Gasteiger partial charge on any atom is -0.455 e. The number of allylic oxidation sites excluding steroid dienone is 3. The number of epoxide rings is 1. The smallest absolute Gasteiger partial charge is 0.331 e. The molecule has 1 heterocycles. The topological polar surface area (TPSA) is 137 Å². The molecule has 4 aliphatic carbocycles. The maximum atomic E-state index is 13.2. The average Bonchev–Trinajstić information content (AvgIpc) is 3.76. The van der Waals surface area contributed by atoms with Crippen molar-refractivity contribution >= 4 is 11.8 Å². The summed E-state index contributed by atoms with van der Waals surface area (Å²) in [6.45, 7) is 8.99. The van der Waals surface area contributed by atoms with Gasteiger partial charge in [-0.1, -0.05) is 90.5 Å². The fourth-order valence-corrected chi connectivity index (χ4v) is 9.18. The zero-order valence-electron chi connectivity index (χ0n) is 25.8. The van der Waals surface area contributed by atoms with E-state index >= 15 is 0 Å². The highest BCUT2D eigenvalue weighted by Crippen LogP contribution is 2.79. The third kappa shape index (κ3) is 4.34. The maximum Gasteiger partial charge on any atom is 0.331 e. The van der Waals surface area contributed by atoms with Crippen LogP contribution in [0.5, 0.6) is 0 Å². The van der Waals surface area contributed by atoms with Crippen molar-refractivity contribution < 1.29 is 39.5 Å². The van der Waals surface area contributed by atoms with E-state index in [9.17, 15) is 30.0 Å². The Kier molecular flexibility index (Phi) is 8.23. The van der Waals surface area contributed by atoms with E-state index in [-0.39, 0.29) is 11.5 Å². The lowest BCUT2D eigenvalue weighted by atomic mass is 9.59. The van der Waals surface area contributed by atoms with Crippen LogP contribution in [0.1, 0.15) is 92.4 Å².